The van der Waals surface area contributed by atoms with Gasteiger partial charge in [0.25, 0.3) is 0 Å². The smallest absolute Gasteiger partial charge is 0.493 e. The second-order valence-electron chi connectivity index (χ2n) is 17.0. The molecule has 0 atom stereocenters. The van der Waals surface area contributed by atoms with Crippen molar-refractivity contribution in [2.75, 3.05) is 0 Å². The maximum absolute atomic E-state index is 12.5. The normalized spacial score (nSPS) is 12.4. The Morgan fingerprint density at radius 2 is 0.759 bits per heavy atom. The summed E-state index contributed by atoms with van der Waals surface area (Å²) in [5.74, 6) is 0. The van der Waals surface area contributed by atoms with Crippen molar-refractivity contribution in [3.63, 3.8) is 0 Å². The van der Waals surface area contributed by atoms with Gasteiger partial charge >= 0.3 is 16.5 Å². The van der Waals surface area contributed by atoms with Gasteiger partial charge in [0.05, 0.1) is 0 Å². The molecule has 2 aromatic rings. The number of aryl methyl sites for hydroxylation is 4. The van der Waals surface area contributed by atoms with Gasteiger partial charge < -0.3 is 19.4 Å². The fourth-order valence-electron chi connectivity index (χ4n) is 7.95. The van der Waals surface area contributed by atoms with E-state index in [1.165, 1.54) is 161 Å². The molecule has 3 rings (SSSR count). The summed E-state index contributed by atoms with van der Waals surface area (Å²) in [5.41, 5.74) is 28.6. The second kappa shape index (κ2) is 34.7. The fraction of sp³-hybridized carbons (Fsp3) is 0.673. The van der Waals surface area contributed by atoms with Crippen molar-refractivity contribution in [3.8, 4) is 0 Å². The monoisotopic (exact) mass is 839 g/mol. The van der Waals surface area contributed by atoms with E-state index in [1.54, 1.807) is 21.4 Å². The molecule has 0 saturated carbocycles. The predicted molar refractivity (Wildman–Crippen MR) is 257 cm³/mol. The van der Waals surface area contributed by atoms with Crippen LogP contribution in [0.25, 0.3) is 16.9 Å². The average molecular weight is 840 g/mol. The Bertz CT molecular complexity index is 1400. The molecule has 0 radical (unpaired) electrons. The van der Waals surface area contributed by atoms with Crippen molar-refractivity contribution < 1.29 is 21.2 Å². The maximum atomic E-state index is 12.5. The minimum atomic E-state index is 0. The second-order valence-corrected chi connectivity index (χ2v) is 17.0. The molecule has 3 heteroatoms. The van der Waals surface area contributed by atoms with Gasteiger partial charge in [-0.25, -0.2) is 4.70 Å². The van der Waals surface area contributed by atoms with Crippen molar-refractivity contribution in [1.82, 2.24) is 0 Å². The summed E-state index contributed by atoms with van der Waals surface area (Å²) in [5, 5.41) is 0. The van der Waals surface area contributed by atoms with Crippen LogP contribution in [0.5, 0.6) is 0 Å². The van der Waals surface area contributed by atoms with Crippen LogP contribution < -0.4 is 0 Å². The number of rotatable bonds is 27. The van der Waals surface area contributed by atoms with Gasteiger partial charge in [0, 0.05) is 22.3 Å². The Labute approximate surface area is 372 Å². The largest absolute Gasteiger partial charge is 2.00 e. The Balaban J connectivity index is 0.00000329. The first-order valence-corrected chi connectivity index (χ1v) is 24.4. The maximum Gasteiger partial charge on any atom is 2.00 e. The van der Waals surface area contributed by atoms with Crippen LogP contribution in [0, 0.1) is 34.6 Å². The van der Waals surface area contributed by atoms with E-state index in [0.29, 0.717) is 0 Å². The van der Waals surface area contributed by atoms with Crippen molar-refractivity contribution in [2.24, 2.45) is 0 Å². The van der Waals surface area contributed by atoms with Crippen molar-refractivity contribution in [3.05, 3.63) is 99.3 Å². The van der Waals surface area contributed by atoms with Gasteiger partial charge in [-0.3, -0.25) is 0 Å². The first-order chi connectivity index (χ1) is 27.6. The van der Waals surface area contributed by atoms with Gasteiger partial charge in [0.1, 0.15) is 0 Å². The van der Waals surface area contributed by atoms with Crippen molar-refractivity contribution in [2.45, 2.75) is 243 Å². The van der Waals surface area contributed by atoms with E-state index in [0.717, 1.165) is 62.8 Å². The molecule has 2 nitrogen and oxygen atoms in total. The number of nitrogens with zero attached hydrogens (tertiary/aromatic N) is 2. The average Bonchev–Trinajstić information content (AvgIpc) is 3.49. The van der Waals surface area contributed by atoms with Crippen LogP contribution in [0.3, 0.4) is 0 Å². The molecule has 0 spiro atoms. The molecule has 1 aliphatic heterocycles. The van der Waals surface area contributed by atoms with E-state index >= 15 is 0 Å². The van der Waals surface area contributed by atoms with Gasteiger partial charge in [-0.1, -0.05) is 145 Å². The first-order valence-electron chi connectivity index (χ1n) is 24.4. The van der Waals surface area contributed by atoms with E-state index < -0.39 is 0 Å². The third-order valence-electron chi connectivity index (χ3n) is 11.9. The van der Waals surface area contributed by atoms with Crippen LogP contribution in [-0.2, 0) is 35.8 Å². The molecule has 1 heterocycles. The Kier molecular flexibility index (Phi) is 33.5. The van der Waals surface area contributed by atoms with Gasteiger partial charge in [-0.2, -0.15) is 12.8 Å². The third kappa shape index (κ3) is 19.6. The van der Waals surface area contributed by atoms with Crippen LogP contribution in [0.15, 0.2) is 35.4 Å². The van der Waals surface area contributed by atoms with Crippen LogP contribution in [0.4, 0.5) is 0 Å². The SMILES string of the molecule is CCCCCCC1=C(c2cc(CCCCCC)c(CCCCCC)c(CCCCCC)c2)[N+](=[N-])C(c2cc(C)c(C)c(C)c2)=C1CCCC.[CH2-]CCC.[CH2-]CCC.[Ni+2]. The summed E-state index contributed by atoms with van der Waals surface area (Å²) >= 11 is 0. The molecule has 332 valence electrons. The molecule has 0 unspecified atom stereocenters. The summed E-state index contributed by atoms with van der Waals surface area (Å²) in [6.45, 7) is 29.7. The van der Waals surface area contributed by atoms with Crippen LogP contribution in [0.2, 0.25) is 0 Å². The molecule has 1 aliphatic rings. The number of unbranched alkanes of at least 4 members (excludes halogenated alkanes) is 15. The number of hydrogen-bond acceptors (Lipinski definition) is 0. The molecule has 2 aromatic carbocycles. The Morgan fingerprint density at radius 1 is 0.431 bits per heavy atom. The van der Waals surface area contributed by atoms with Crippen molar-refractivity contribution >= 4 is 11.4 Å². The summed E-state index contributed by atoms with van der Waals surface area (Å²) in [6, 6.07) is 9.71. The summed E-state index contributed by atoms with van der Waals surface area (Å²) in [7, 11) is 0. The first kappa shape index (κ1) is 56.0. The Morgan fingerprint density at radius 3 is 1.12 bits per heavy atom. The molecule has 0 saturated heterocycles. The number of allylic oxidation sites excluding steroid dienone is 2. The van der Waals surface area contributed by atoms with Gasteiger partial charge in [-0.05, 0) is 143 Å². The van der Waals surface area contributed by atoms with Crippen molar-refractivity contribution in [1.29, 1.82) is 0 Å². The summed E-state index contributed by atoms with van der Waals surface area (Å²) in [4.78, 5) is 0. The van der Waals surface area contributed by atoms with E-state index in [1.807, 2.05) is 0 Å². The zero-order valence-electron chi connectivity index (χ0n) is 40.0. The minimum absolute atomic E-state index is 0. The van der Waals surface area contributed by atoms with E-state index in [9.17, 15) is 5.53 Å². The molecule has 0 bridgehead atoms. The molecule has 0 aromatic heterocycles. The molecule has 0 aliphatic carbocycles. The van der Waals surface area contributed by atoms with E-state index in [-0.39, 0.29) is 16.5 Å². The van der Waals surface area contributed by atoms with Gasteiger partial charge in [-0.15, -0.1) is 0 Å². The Hall–Kier alpha value is -1.99. The van der Waals surface area contributed by atoms with Crippen LogP contribution in [-0.4, -0.2) is 4.70 Å². The summed E-state index contributed by atoms with van der Waals surface area (Å²) in [6.07, 6.45) is 32.9. The topological polar surface area (TPSA) is 25.3 Å². The van der Waals surface area contributed by atoms with Gasteiger partial charge in [0.2, 0.25) is 11.4 Å². The molecular weight excluding hydrogens is 747 g/mol. The van der Waals surface area contributed by atoms with Crippen LogP contribution in [0.1, 0.15) is 247 Å². The fourth-order valence-corrected chi connectivity index (χ4v) is 7.95. The van der Waals surface area contributed by atoms with E-state index in [2.05, 4.69) is 107 Å². The number of hydrogen-bond donors (Lipinski definition) is 0. The quantitative estimate of drug-likeness (QED) is 0.0371. The van der Waals surface area contributed by atoms with E-state index in [4.69, 9.17) is 0 Å². The molecule has 58 heavy (non-hydrogen) atoms. The summed E-state index contributed by atoms with van der Waals surface area (Å²) < 4.78 is 1.65. The predicted octanol–water partition coefficient (Wildman–Crippen LogP) is 18.5. The van der Waals surface area contributed by atoms with Gasteiger partial charge in [0.15, 0.2) is 0 Å². The molecule has 0 fully saturated rings. The molecule has 0 N–H and O–H groups in total. The zero-order valence-corrected chi connectivity index (χ0v) is 41.0. The minimum Gasteiger partial charge on any atom is -0.493 e. The zero-order chi connectivity index (χ0) is 42.4. The van der Waals surface area contributed by atoms with Crippen LogP contribution >= 0.6 is 0 Å². The number of benzene rings is 2. The third-order valence-corrected chi connectivity index (χ3v) is 11.9. The molecular formula is C55H92N2Ni. The molecule has 0 amide bonds. The standard InChI is InChI=1S/C47H74N2.2C4H9.Ni/c1-9-14-19-23-27-39-34-42(35-40(28-24-20-15-10-2)43(39)30-25-21-16-11-3)47-45(31-26-22-17-12-4)44(29-18-13-5)46(49(47)48)41-32-36(6)38(8)37(7)33-41;2*1-3-4-2;/h32-35H,9-31H2,1-8H3;2*1,3-4H2,2H3;/q;2*-1;+2.